The van der Waals surface area contributed by atoms with Gasteiger partial charge in [0.25, 0.3) is 0 Å². The fraction of sp³-hybridized carbons (Fsp3) is 0.417. The van der Waals surface area contributed by atoms with Gasteiger partial charge in [0.15, 0.2) is 0 Å². The molecular weight excluding hydrogens is 290 g/mol. The van der Waals surface area contributed by atoms with Gasteiger partial charge in [0.05, 0.1) is 11.5 Å². The second-order valence-electron chi connectivity index (χ2n) is 4.42. The molecule has 0 fully saturated rings. The van der Waals surface area contributed by atoms with Gasteiger partial charge in [-0.15, -0.1) is 0 Å². The fourth-order valence-corrected chi connectivity index (χ4v) is 1.67. The number of nitrogens with one attached hydrogen (secondary N) is 1. The Bertz CT molecular complexity index is 429. The van der Waals surface area contributed by atoms with Gasteiger partial charge in [-0.3, -0.25) is 0 Å². The largest absolute Gasteiger partial charge is 0.380 e. The minimum absolute atomic E-state index is 0.151. The van der Waals surface area contributed by atoms with Crippen LogP contribution in [0.4, 0.5) is 14.5 Å². The van der Waals surface area contributed by atoms with Crippen molar-refractivity contribution in [3.05, 3.63) is 28.2 Å². The lowest BCUT2D eigenvalue weighted by atomic mass is 9.91. The van der Waals surface area contributed by atoms with Crippen molar-refractivity contribution in [1.29, 1.82) is 5.26 Å². The van der Waals surface area contributed by atoms with Gasteiger partial charge in [-0.05, 0) is 32.4 Å². The molecule has 0 spiro atoms. The van der Waals surface area contributed by atoms with Gasteiger partial charge in [-0.1, -0.05) is 15.9 Å². The van der Waals surface area contributed by atoms with Crippen LogP contribution in [0.5, 0.6) is 0 Å². The van der Waals surface area contributed by atoms with E-state index in [-0.39, 0.29) is 5.69 Å². The predicted molar refractivity (Wildman–Crippen MR) is 66.6 cm³/mol. The van der Waals surface area contributed by atoms with Gasteiger partial charge in [0.2, 0.25) is 0 Å². The molecule has 5 heteroatoms. The van der Waals surface area contributed by atoms with Crippen LogP contribution in [0.25, 0.3) is 0 Å². The van der Waals surface area contributed by atoms with E-state index in [1.165, 1.54) is 12.1 Å². The molecule has 2 nitrogen and oxygen atoms in total. The normalized spacial score (nSPS) is 11.1. The van der Waals surface area contributed by atoms with Crippen molar-refractivity contribution < 1.29 is 8.78 Å². The maximum Gasteiger partial charge on any atom is 0.150 e. The van der Waals surface area contributed by atoms with E-state index >= 15 is 0 Å². The minimum Gasteiger partial charge on any atom is -0.380 e. The zero-order chi connectivity index (χ0) is 13.1. The van der Waals surface area contributed by atoms with Crippen LogP contribution in [0.1, 0.15) is 20.3 Å². The van der Waals surface area contributed by atoms with Gasteiger partial charge in [0.1, 0.15) is 17.3 Å². The lowest BCUT2D eigenvalue weighted by Crippen LogP contribution is -2.15. The average molecular weight is 303 g/mol. The van der Waals surface area contributed by atoms with E-state index in [4.69, 9.17) is 5.26 Å². The smallest absolute Gasteiger partial charge is 0.150 e. The minimum atomic E-state index is -0.647. The predicted octanol–water partition coefficient (Wildman–Crippen LogP) is 4.08. The highest BCUT2D eigenvalue weighted by Gasteiger charge is 2.17. The molecule has 0 saturated carbocycles. The number of halogens is 3. The number of nitrogens with zero attached hydrogens (tertiary/aromatic N) is 1. The Labute approximate surface area is 108 Å². The Balaban J connectivity index is 2.68. The van der Waals surface area contributed by atoms with Crippen LogP contribution in [-0.2, 0) is 0 Å². The molecule has 0 aliphatic rings. The molecule has 0 radical (unpaired) electrons. The zero-order valence-electron chi connectivity index (χ0n) is 9.65. The van der Waals surface area contributed by atoms with E-state index in [9.17, 15) is 8.78 Å². The molecule has 0 saturated heterocycles. The lowest BCUT2D eigenvalue weighted by Gasteiger charge is -2.16. The Morgan fingerprint density at radius 3 is 2.35 bits per heavy atom. The SMILES string of the molecule is CC(C)(C#N)CCNc1c(F)cc(Br)cc1F. The summed E-state index contributed by atoms with van der Waals surface area (Å²) in [7, 11) is 0. The number of anilines is 1. The quantitative estimate of drug-likeness (QED) is 0.909. The Kier molecular flexibility index (Phi) is 4.47. The molecule has 1 aromatic carbocycles. The molecular formula is C12H13BrF2N2. The van der Waals surface area contributed by atoms with E-state index in [1.54, 1.807) is 13.8 Å². The summed E-state index contributed by atoms with van der Waals surface area (Å²) in [5.41, 5.74) is -0.656. The van der Waals surface area contributed by atoms with Gasteiger partial charge < -0.3 is 5.32 Å². The summed E-state index contributed by atoms with van der Waals surface area (Å²) in [6, 6.07) is 4.52. The Morgan fingerprint density at radius 1 is 1.35 bits per heavy atom. The average Bonchev–Trinajstić information content (AvgIpc) is 2.22. The fourth-order valence-electron chi connectivity index (χ4n) is 1.27. The number of nitriles is 1. The van der Waals surface area contributed by atoms with Crippen LogP contribution in [-0.4, -0.2) is 6.54 Å². The first-order valence-electron chi connectivity index (χ1n) is 5.15. The van der Waals surface area contributed by atoms with Crippen LogP contribution in [0, 0.1) is 28.4 Å². The summed E-state index contributed by atoms with van der Waals surface area (Å²) < 4.78 is 27.2. The second-order valence-corrected chi connectivity index (χ2v) is 5.33. The van der Waals surface area contributed by atoms with Crippen LogP contribution >= 0.6 is 15.9 Å². The van der Waals surface area contributed by atoms with Gasteiger partial charge in [-0.2, -0.15) is 5.26 Å². The molecule has 1 aromatic rings. The monoisotopic (exact) mass is 302 g/mol. The highest BCUT2D eigenvalue weighted by molar-refractivity contribution is 9.10. The highest BCUT2D eigenvalue weighted by atomic mass is 79.9. The molecule has 1 rings (SSSR count). The van der Waals surface area contributed by atoms with E-state index in [1.807, 2.05) is 0 Å². The summed E-state index contributed by atoms with van der Waals surface area (Å²) in [6.07, 6.45) is 0.512. The zero-order valence-corrected chi connectivity index (χ0v) is 11.2. The van der Waals surface area contributed by atoms with Gasteiger partial charge in [-0.25, -0.2) is 8.78 Å². The molecule has 0 atom stereocenters. The van der Waals surface area contributed by atoms with E-state index in [0.717, 1.165) is 0 Å². The maximum atomic E-state index is 13.4. The Morgan fingerprint density at radius 2 is 1.88 bits per heavy atom. The molecule has 0 aromatic heterocycles. The second kappa shape index (κ2) is 5.46. The summed E-state index contributed by atoms with van der Waals surface area (Å²) in [6.45, 7) is 3.90. The number of hydrogen-bond donors (Lipinski definition) is 1. The standard InChI is InChI=1S/C12H13BrF2N2/c1-12(2,7-16)3-4-17-11-9(14)5-8(13)6-10(11)15/h5-6,17H,3-4H2,1-2H3. The third-order valence-electron chi connectivity index (χ3n) is 2.36. The molecule has 0 aliphatic heterocycles. The van der Waals surface area contributed by atoms with Crippen LogP contribution in [0.2, 0.25) is 0 Å². The van der Waals surface area contributed by atoms with Crippen molar-refractivity contribution in [1.82, 2.24) is 0 Å². The molecule has 0 bridgehead atoms. The van der Waals surface area contributed by atoms with Crippen molar-refractivity contribution in [3.63, 3.8) is 0 Å². The third kappa shape index (κ3) is 3.97. The van der Waals surface area contributed by atoms with Gasteiger partial charge in [0, 0.05) is 11.0 Å². The van der Waals surface area contributed by atoms with Crippen molar-refractivity contribution in [2.24, 2.45) is 5.41 Å². The van der Waals surface area contributed by atoms with Crippen molar-refractivity contribution in [2.45, 2.75) is 20.3 Å². The maximum absolute atomic E-state index is 13.4. The van der Waals surface area contributed by atoms with Crippen molar-refractivity contribution >= 4 is 21.6 Å². The lowest BCUT2D eigenvalue weighted by molar-refractivity contribution is 0.465. The molecule has 17 heavy (non-hydrogen) atoms. The highest BCUT2D eigenvalue weighted by Crippen LogP contribution is 2.25. The molecule has 92 valence electrons. The van der Waals surface area contributed by atoms with E-state index < -0.39 is 17.0 Å². The van der Waals surface area contributed by atoms with E-state index in [2.05, 4.69) is 27.3 Å². The van der Waals surface area contributed by atoms with Crippen LogP contribution < -0.4 is 5.32 Å². The molecule has 0 aliphatic carbocycles. The van der Waals surface area contributed by atoms with Crippen LogP contribution in [0.3, 0.4) is 0 Å². The summed E-state index contributed by atoms with van der Waals surface area (Å²) in [5.74, 6) is -1.29. The van der Waals surface area contributed by atoms with Crippen LogP contribution in [0.15, 0.2) is 16.6 Å². The first-order valence-corrected chi connectivity index (χ1v) is 5.95. The summed E-state index contributed by atoms with van der Waals surface area (Å²) in [5, 5.41) is 11.5. The number of hydrogen-bond acceptors (Lipinski definition) is 2. The third-order valence-corrected chi connectivity index (χ3v) is 2.82. The van der Waals surface area contributed by atoms with E-state index in [0.29, 0.717) is 17.4 Å². The Hall–Kier alpha value is -1.15. The number of rotatable bonds is 4. The van der Waals surface area contributed by atoms with Crippen molar-refractivity contribution in [2.75, 3.05) is 11.9 Å². The van der Waals surface area contributed by atoms with Gasteiger partial charge >= 0.3 is 0 Å². The molecule has 1 N–H and O–H groups in total. The topological polar surface area (TPSA) is 35.8 Å². The molecule has 0 unspecified atom stereocenters. The number of benzene rings is 1. The molecule has 0 amide bonds. The first kappa shape index (κ1) is 13.9. The summed E-state index contributed by atoms with van der Waals surface area (Å²) in [4.78, 5) is 0. The first-order chi connectivity index (χ1) is 7.85. The summed E-state index contributed by atoms with van der Waals surface area (Å²) >= 11 is 3.01. The molecule has 0 heterocycles. The van der Waals surface area contributed by atoms with Crippen molar-refractivity contribution in [3.8, 4) is 6.07 Å².